The summed E-state index contributed by atoms with van der Waals surface area (Å²) in [6.45, 7) is 10.8. The third kappa shape index (κ3) is 9.97. The van der Waals surface area contributed by atoms with E-state index >= 15 is 0 Å². The predicted molar refractivity (Wildman–Crippen MR) is 86.2 cm³/mol. The van der Waals surface area contributed by atoms with E-state index < -0.39 is 11.6 Å². The molecule has 0 amide bonds. The third-order valence-corrected chi connectivity index (χ3v) is 6.93. The summed E-state index contributed by atoms with van der Waals surface area (Å²) in [5.74, 6) is 0. The maximum atomic E-state index is 12.1. The molecule has 0 radical (unpaired) electrons. The van der Waals surface area contributed by atoms with Gasteiger partial charge in [0.2, 0.25) is 0 Å². The Bertz CT molecular complexity index is 295. The Morgan fingerprint density at radius 2 is 1.53 bits per heavy atom. The van der Waals surface area contributed by atoms with Crippen LogP contribution in [0.2, 0.25) is 0 Å². The second-order valence-electron chi connectivity index (χ2n) is 7.09. The molecule has 1 unspecified atom stereocenters. The summed E-state index contributed by atoms with van der Waals surface area (Å²) in [7, 11) is 0. The summed E-state index contributed by atoms with van der Waals surface area (Å²) in [5.41, 5.74) is 0.199. The fraction of sp³-hybridized carbons (Fsp3) is 1.00. The monoisotopic (exact) mass is 308 g/mol. The van der Waals surface area contributed by atoms with Crippen LogP contribution in [0.1, 0.15) is 67.2 Å². The summed E-state index contributed by atoms with van der Waals surface area (Å²) in [4.78, 5) is 12.1. The fourth-order valence-corrected chi connectivity index (χ4v) is 2.40. The van der Waals surface area contributed by atoms with E-state index in [0.717, 1.165) is 19.4 Å². The molecule has 0 spiro atoms. The highest BCUT2D eigenvalue weighted by Crippen LogP contribution is 2.51. The lowest BCUT2D eigenvalue weighted by Crippen LogP contribution is -2.36. The molecule has 0 aliphatic carbocycles. The van der Waals surface area contributed by atoms with Gasteiger partial charge in [-0.3, -0.25) is 0 Å². The van der Waals surface area contributed by atoms with Crippen molar-refractivity contribution in [1.29, 1.82) is 0 Å². The van der Waals surface area contributed by atoms with Crippen LogP contribution < -0.4 is 10.2 Å². The molecule has 0 aromatic heterocycles. The largest absolute Gasteiger partial charge is 0.800 e. The molecule has 1 N–H and O–H groups in total. The molecule has 0 aliphatic rings. The second kappa shape index (κ2) is 8.09. The van der Waals surface area contributed by atoms with Gasteiger partial charge in [0, 0.05) is 10.7 Å². The Labute approximate surface area is 124 Å². The van der Waals surface area contributed by atoms with Crippen molar-refractivity contribution in [2.24, 2.45) is 0 Å². The van der Waals surface area contributed by atoms with Crippen LogP contribution in [0.4, 0.5) is 0 Å². The third-order valence-electron chi connectivity index (χ3n) is 2.81. The molecule has 116 valence electrons. The average Bonchev–Trinajstić information content (AvgIpc) is 2.18. The van der Waals surface area contributed by atoms with Crippen LogP contribution in [0, 0.1) is 0 Å². The Kier molecular flexibility index (Phi) is 8.32. The van der Waals surface area contributed by atoms with Crippen molar-refractivity contribution in [3.05, 3.63) is 0 Å². The van der Waals surface area contributed by atoms with Crippen molar-refractivity contribution in [3.63, 3.8) is 0 Å². The van der Waals surface area contributed by atoms with Gasteiger partial charge in [0.25, 0.3) is 0 Å². The standard InChI is InChI=1S/C14H32NO2PS/c1-13(2,3)15-11-9-7-8-10-12-17-18(16,19)14(4,5)6/h15H,7-12H2,1-6H3,(H,16,19)/p-1. The van der Waals surface area contributed by atoms with Gasteiger partial charge < -0.3 is 14.7 Å². The highest BCUT2D eigenvalue weighted by Gasteiger charge is 2.21. The second-order valence-corrected chi connectivity index (χ2v) is 11.1. The van der Waals surface area contributed by atoms with Gasteiger partial charge in [0.1, 0.15) is 0 Å². The van der Waals surface area contributed by atoms with Crippen LogP contribution in [0.25, 0.3) is 0 Å². The molecule has 0 aliphatic heterocycles. The molecule has 0 fully saturated rings. The molecule has 0 heterocycles. The molecule has 1 atom stereocenters. The SMILES string of the molecule is CC(C)(C)NCCCCCCOP([O-])(=S)C(C)(C)C. The molecule has 0 rings (SSSR count). The first-order valence-electron chi connectivity index (χ1n) is 7.16. The zero-order chi connectivity index (χ0) is 15.2. The van der Waals surface area contributed by atoms with Crippen molar-refractivity contribution < 1.29 is 9.42 Å². The van der Waals surface area contributed by atoms with Gasteiger partial charge in [0.15, 0.2) is 0 Å². The van der Waals surface area contributed by atoms with E-state index in [1.165, 1.54) is 12.8 Å². The quantitative estimate of drug-likeness (QED) is 0.551. The van der Waals surface area contributed by atoms with Crippen LogP contribution in [0.15, 0.2) is 0 Å². The maximum absolute atomic E-state index is 12.1. The Hall–Kier alpha value is 0.530. The fourth-order valence-electron chi connectivity index (χ4n) is 1.42. The minimum atomic E-state index is -2.89. The summed E-state index contributed by atoms with van der Waals surface area (Å²) >= 11 is 5.06. The first-order valence-corrected chi connectivity index (χ1v) is 9.80. The number of nitrogens with one attached hydrogen (secondary N) is 1. The Morgan fingerprint density at radius 1 is 1.00 bits per heavy atom. The van der Waals surface area contributed by atoms with E-state index in [-0.39, 0.29) is 5.54 Å². The van der Waals surface area contributed by atoms with Crippen LogP contribution in [0.3, 0.4) is 0 Å². The Morgan fingerprint density at radius 3 is 2.00 bits per heavy atom. The van der Waals surface area contributed by atoms with Gasteiger partial charge in [-0.15, -0.1) is 0 Å². The molecule has 5 heteroatoms. The lowest BCUT2D eigenvalue weighted by atomic mass is 10.1. The van der Waals surface area contributed by atoms with E-state index in [2.05, 4.69) is 26.1 Å². The highest BCUT2D eigenvalue weighted by atomic mass is 32.5. The van der Waals surface area contributed by atoms with Gasteiger partial charge in [-0.1, -0.05) is 45.4 Å². The molecule has 19 heavy (non-hydrogen) atoms. The van der Waals surface area contributed by atoms with Gasteiger partial charge in [-0.05, 0) is 46.6 Å². The van der Waals surface area contributed by atoms with Gasteiger partial charge in [0.05, 0.1) is 6.61 Å². The topological polar surface area (TPSA) is 44.3 Å². The van der Waals surface area contributed by atoms with Crippen LogP contribution in [0.5, 0.6) is 0 Å². The molecule has 3 nitrogen and oxygen atoms in total. The van der Waals surface area contributed by atoms with Gasteiger partial charge in [-0.25, -0.2) is 0 Å². The number of rotatable bonds is 8. The lowest BCUT2D eigenvalue weighted by Gasteiger charge is -2.40. The molecular formula is C14H31NO2PS-. The van der Waals surface area contributed by atoms with E-state index in [1.807, 2.05) is 20.8 Å². The minimum absolute atomic E-state index is 0.199. The molecule has 0 saturated heterocycles. The summed E-state index contributed by atoms with van der Waals surface area (Å²) in [6.07, 6.45) is 4.38. The van der Waals surface area contributed by atoms with Crippen molar-refractivity contribution in [3.8, 4) is 0 Å². The molecule has 0 aromatic rings. The van der Waals surface area contributed by atoms with Crippen LogP contribution in [-0.2, 0) is 16.3 Å². The molecule has 0 saturated carbocycles. The lowest BCUT2D eigenvalue weighted by molar-refractivity contribution is -0.187. The van der Waals surface area contributed by atoms with Crippen LogP contribution >= 0.6 is 6.49 Å². The number of hydrogen-bond donors (Lipinski definition) is 1. The van der Waals surface area contributed by atoms with Crippen molar-refractivity contribution >= 4 is 18.3 Å². The van der Waals surface area contributed by atoms with Gasteiger partial charge >= 0.3 is 0 Å². The van der Waals surface area contributed by atoms with E-state index in [1.54, 1.807) is 0 Å². The molecule has 0 aromatic carbocycles. The average molecular weight is 308 g/mol. The molecular weight excluding hydrogens is 277 g/mol. The van der Waals surface area contributed by atoms with Crippen molar-refractivity contribution in [2.75, 3.05) is 13.2 Å². The predicted octanol–water partition coefficient (Wildman–Crippen LogP) is 3.42. The smallest absolute Gasteiger partial charge is 0.0503 e. The first kappa shape index (κ1) is 19.5. The van der Waals surface area contributed by atoms with E-state index in [4.69, 9.17) is 16.3 Å². The van der Waals surface area contributed by atoms with Crippen molar-refractivity contribution in [1.82, 2.24) is 5.32 Å². The normalized spacial score (nSPS) is 16.4. The van der Waals surface area contributed by atoms with E-state index in [9.17, 15) is 4.89 Å². The summed E-state index contributed by atoms with van der Waals surface area (Å²) in [6, 6.07) is 0. The maximum Gasteiger partial charge on any atom is 0.0503 e. The zero-order valence-corrected chi connectivity index (χ0v) is 15.1. The minimum Gasteiger partial charge on any atom is -0.800 e. The van der Waals surface area contributed by atoms with E-state index in [0.29, 0.717) is 6.61 Å². The number of hydrogen-bond acceptors (Lipinski definition) is 4. The summed E-state index contributed by atoms with van der Waals surface area (Å²) in [5, 5.41) is 3.03. The summed E-state index contributed by atoms with van der Waals surface area (Å²) < 4.78 is 5.41. The zero-order valence-electron chi connectivity index (χ0n) is 13.4. The highest BCUT2D eigenvalue weighted by molar-refractivity contribution is 8.09. The molecule has 0 bridgehead atoms. The first-order chi connectivity index (χ1) is 8.46. The Balaban J connectivity index is 3.55. The van der Waals surface area contributed by atoms with Crippen molar-refractivity contribution in [2.45, 2.75) is 77.9 Å². The van der Waals surface area contributed by atoms with Gasteiger partial charge in [-0.2, -0.15) is 0 Å². The van der Waals surface area contributed by atoms with Crippen LogP contribution in [-0.4, -0.2) is 23.8 Å². The number of unbranched alkanes of at least 4 members (excludes halogenated alkanes) is 3.